The van der Waals surface area contributed by atoms with Crippen molar-refractivity contribution in [2.75, 3.05) is 19.7 Å². The van der Waals surface area contributed by atoms with E-state index in [0.717, 1.165) is 50.1 Å². The molecule has 22 heavy (non-hydrogen) atoms. The SMILES string of the molecule is O=C(NC1CCOc2c(Cl)cccc21)C1CC12CCNCC2. The third kappa shape index (κ3) is 2.38. The van der Waals surface area contributed by atoms with Crippen molar-refractivity contribution < 1.29 is 9.53 Å². The lowest BCUT2D eigenvalue weighted by Gasteiger charge is -2.28. The lowest BCUT2D eigenvalue weighted by atomic mass is 9.91. The molecule has 4 nitrogen and oxygen atoms in total. The first-order chi connectivity index (χ1) is 10.7. The Morgan fingerprint density at radius 1 is 1.36 bits per heavy atom. The minimum absolute atomic E-state index is 0.0225. The second kappa shape index (κ2) is 5.43. The highest BCUT2D eigenvalue weighted by Crippen LogP contribution is 2.58. The zero-order chi connectivity index (χ0) is 15.2. The van der Waals surface area contributed by atoms with Gasteiger partial charge in [0.15, 0.2) is 0 Å². The first-order valence-corrected chi connectivity index (χ1v) is 8.50. The maximum Gasteiger partial charge on any atom is 0.224 e. The van der Waals surface area contributed by atoms with Crippen molar-refractivity contribution in [2.45, 2.75) is 31.7 Å². The molecule has 2 fully saturated rings. The molecule has 1 amide bonds. The van der Waals surface area contributed by atoms with E-state index in [1.165, 1.54) is 0 Å². The summed E-state index contributed by atoms with van der Waals surface area (Å²) in [6.45, 7) is 2.68. The van der Waals surface area contributed by atoms with E-state index in [2.05, 4.69) is 10.6 Å². The Labute approximate surface area is 135 Å². The summed E-state index contributed by atoms with van der Waals surface area (Å²) < 4.78 is 5.66. The number of carbonyl (C=O) groups excluding carboxylic acids is 1. The Morgan fingerprint density at radius 2 is 2.18 bits per heavy atom. The number of benzene rings is 1. The largest absolute Gasteiger partial charge is 0.492 e. The minimum Gasteiger partial charge on any atom is -0.492 e. The van der Waals surface area contributed by atoms with Crippen molar-refractivity contribution in [1.29, 1.82) is 0 Å². The van der Waals surface area contributed by atoms with Crippen LogP contribution in [0.15, 0.2) is 18.2 Å². The van der Waals surface area contributed by atoms with Gasteiger partial charge in [-0.3, -0.25) is 4.79 Å². The molecule has 1 saturated heterocycles. The first kappa shape index (κ1) is 14.3. The van der Waals surface area contributed by atoms with Gasteiger partial charge in [0.1, 0.15) is 5.75 Å². The highest BCUT2D eigenvalue weighted by atomic mass is 35.5. The first-order valence-electron chi connectivity index (χ1n) is 8.12. The lowest BCUT2D eigenvalue weighted by Crippen LogP contribution is -2.36. The predicted octanol–water partition coefficient (Wildman–Crippen LogP) is 2.67. The summed E-state index contributed by atoms with van der Waals surface area (Å²) in [5, 5.41) is 7.24. The molecule has 118 valence electrons. The maximum atomic E-state index is 12.6. The smallest absolute Gasteiger partial charge is 0.224 e. The fraction of sp³-hybridized carbons (Fsp3) is 0.588. The second-order valence-corrected chi connectivity index (χ2v) is 7.13. The van der Waals surface area contributed by atoms with E-state index in [1.54, 1.807) is 0 Å². The van der Waals surface area contributed by atoms with Crippen LogP contribution in [0, 0.1) is 11.3 Å². The van der Waals surface area contributed by atoms with Crippen molar-refractivity contribution in [3.8, 4) is 5.75 Å². The van der Waals surface area contributed by atoms with Crippen LogP contribution in [0.4, 0.5) is 0 Å². The fourth-order valence-electron chi connectivity index (χ4n) is 4.00. The standard InChI is InChI=1S/C17H21ClN2O2/c18-13-3-1-2-11-14(4-9-22-15(11)13)20-16(21)12-10-17(12)5-7-19-8-6-17/h1-3,12,14,19H,4-10H2,(H,20,21). The van der Waals surface area contributed by atoms with Gasteiger partial charge in [-0.25, -0.2) is 0 Å². The van der Waals surface area contributed by atoms with E-state index >= 15 is 0 Å². The van der Waals surface area contributed by atoms with Gasteiger partial charge in [0.05, 0.1) is 17.7 Å². The Bertz CT molecular complexity index is 598. The van der Waals surface area contributed by atoms with Crippen LogP contribution in [0.2, 0.25) is 5.02 Å². The minimum atomic E-state index is 0.0225. The van der Waals surface area contributed by atoms with Crippen LogP contribution in [0.5, 0.6) is 5.75 Å². The van der Waals surface area contributed by atoms with E-state index in [1.807, 2.05) is 18.2 Å². The van der Waals surface area contributed by atoms with Crippen molar-refractivity contribution in [3.63, 3.8) is 0 Å². The molecule has 0 aromatic heterocycles. The van der Waals surface area contributed by atoms with Crippen molar-refractivity contribution in [1.82, 2.24) is 10.6 Å². The fourth-order valence-corrected chi connectivity index (χ4v) is 4.24. The zero-order valence-electron chi connectivity index (χ0n) is 12.5. The number of ether oxygens (including phenoxy) is 1. The van der Waals surface area contributed by atoms with Crippen LogP contribution in [0.1, 0.15) is 37.3 Å². The highest BCUT2D eigenvalue weighted by Gasteiger charge is 2.57. The van der Waals surface area contributed by atoms with Gasteiger partial charge in [0.25, 0.3) is 0 Å². The van der Waals surface area contributed by atoms with Crippen LogP contribution in [0.3, 0.4) is 0 Å². The van der Waals surface area contributed by atoms with Crippen LogP contribution in [-0.4, -0.2) is 25.6 Å². The van der Waals surface area contributed by atoms with Crippen molar-refractivity contribution in [2.24, 2.45) is 11.3 Å². The third-order valence-corrected chi connectivity index (χ3v) is 5.75. The monoisotopic (exact) mass is 320 g/mol. The number of fused-ring (bicyclic) bond motifs is 1. The topological polar surface area (TPSA) is 50.4 Å². The molecule has 3 aliphatic rings. The number of halogens is 1. The Balaban J connectivity index is 1.47. The summed E-state index contributed by atoms with van der Waals surface area (Å²) in [5.41, 5.74) is 1.28. The molecule has 2 atom stereocenters. The molecule has 1 spiro atoms. The van der Waals surface area contributed by atoms with Gasteiger partial charge < -0.3 is 15.4 Å². The number of para-hydroxylation sites is 1. The number of hydrogen-bond acceptors (Lipinski definition) is 3. The van der Waals surface area contributed by atoms with Crippen LogP contribution < -0.4 is 15.4 Å². The van der Waals surface area contributed by atoms with E-state index in [0.29, 0.717) is 11.6 Å². The number of piperidine rings is 1. The summed E-state index contributed by atoms with van der Waals surface area (Å²) in [5.74, 6) is 1.13. The Hall–Kier alpha value is -1.26. The molecule has 0 bridgehead atoms. The van der Waals surface area contributed by atoms with Gasteiger partial charge in [-0.05, 0) is 43.8 Å². The average Bonchev–Trinajstić information content (AvgIpc) is 3.22. The van der Waals surface area contributed by atoms with Crippen molar-refractivity contribution in [3.05, 3.63) is 28.8 Å². The number of rotatable bonds is 2. The van der Waals surface area contributed by atoms with Crippen LogP contribution in [0.25, 0.3) is 0 Å². The lowest BCUT2D eigenvalue weighted by molar-refractivity contribution is -0.124. The van der Waals surface area contributed by atoms with Gasteiger partial charge in [-0.1, -0.05) is 23.7 Å². The van der Waals surface area contributed by atoms with Crippen LogP contribution >= 0.6 is 11.6 Å². The molecule has 1 aromatic carbocycles. The number of amides is 1. The average molecular weight is 321 g/mol. The number of carbonyl (C=O) groups is 1. The molecule has 2 unspecified atom stereocenters. The van der Waals surface area contributed by atoms with Gasteiger partial charge in [0.2, 0.25) is 5.91 Å². The third-order valence-electron chi connectivity index (χ3n) is 5.45. The van der Waals surface area contributed by atoms with Gasteiger partial charge in [-0.15, -0.1) is 0 Å². The molecule has 0 radical (unpaired) electrons. The Morgan fingerprint density at radius 3 is 3.00 bits per heavy atom. The number of hydrogen-bond donors (Lipinski definition) is 2. The molecule has 4 rings (SSSR count). The van der Waals surface area contributed by atoms with E-state index < -0.39 is 0 Å². The molecular formula is C17H21ClN2O2. The molecule has 1 saturated carbocycles. The van der Waals surface area contributed by atoms with Crippen molar-refractivity contribution >= 4 is 17.5 Å². The predicted molar refractivity (Wildman–Crippen MR) is 85.1 cm³/mol. The van der Waals surface area contributed by atoms with Crippen LogP contribution in [-0.2, 0) is 4.79 Å². The summed E-state index contributed by atoms with van der Waals surface area (Å²) in [6.07, 6.45) is 4.11. The maximum absolute atomic E-state index is 12.6. The highest BCUT2D eigenvalue weighted by molar-refractivity contribution is 6.32. The zero-order valence-corrected chi connectivity index (χ0v) is 13.3. The second-order valence-electron chi connectivity index (χ2n) is 6.73. The van der Waals surface area contributed by atoms with Gasteiger partial charge in [0, 0.05) is 17.9 Å². The molecule has 2 heterocycles. The Kier molecular flexibility index (Phi) is 3.54. The molecule has 2 N–H and O–H groups in total. The molecule has 1 aliphatic carbocycles. The van der Waals surface area contributed by atoms with E-state index in [9.17, 15) is 4.79 Å². The molecule has 5 heteroatoms. The summed E-state index contributed by atoms with van der Waals surface area (Å²) in [4.78, 5) is 12.6. The van der Waals surface area contributed by atoms with E-state index in [-0.39, 0.29) is 23.3 Å². The number of nitrogens with one attached hydrogen (secondary N) is 2. The summed E-state index contributed by atoms with van der Waals surface area (Å²) in [6, 6.07) is 5.77. The van der Waals surface area contributed by atoms with E-state index in [4.69, 9.17) is 16.3 Å². The van der Waals surface area contributed by atoms with Gasteiger partial charge in [-0.2, -0.15) is 0 Å². The summed E-state index contributed by atoms with van der Waals surface area (Å²) >= 11 is 6.19. The normalized spacial score (nSPS) is 28.6. The van der Waals surface area contributed by atoms with Gasteiger partial charge >= 0.3 is 0 Å². The quantitative estimate of drug-likeness (QED) is 0.881. The molecule has 2 aliphatic heterocycles. The summed E-state index contributed by atoms with van der Waals surface area (Å²) in [7, 11) is 0. The molecular weight excluding hydrogens is 300 g/mol. The molecule has 1 aromatic rings.